The number of unbranched alkanes of at least 4 members (excludes halogenated alkanes) is 3. The number of carbonyl (C=O) groups is 3. The fourth-order valence-corrected chi connectivity index (χ4v) is 3.66. The number of methoxy groups -OCH3 is 1. The van der Waals surface area contributed by atoms with E-state index in [9.17, 15) is 14.4 Å². The molecule has 144 valence electrons. The first-order valence-electron chi connectivity index (χ1n) is 9.31. The molecule has 6 nitrogen and oxygen atoms in total. The molecule has 25 heavy (non-hydrogen) atoms. The largest absolute Gasteiger partial charge is 0.467 e. The Morgan fingerprint density at radius 1 is 1.36 bits per heavy atom. The highest BCUT2D eigenvalue weighted by Crippen LogP contribution is 2.32. The van der Waals surface area contributed by atoms with Crippen molar-refractivity contribution in [1.29, 1.82) is 0 Å². The maximum Gasteiger partial charge on any atom is 0.333 e. The zero-order chi connectivity index (χ0) is 19.3. The van der Waals surface area contributed by atoms with Crippen molar-refractivity contribution >= 4 is 17.7 Å². The first-order chi connectivity index (χ1) is 11.6. The maximum atomic E-state index is 12.9. The fraction of sp³-hybridized carbons (Fsp3) is 0.842. The van der Waals surface area contributed by atoms with Gasteiger partial charge in [-0.25, -0.2) is 4.79 Å². The number of ketones is 1. The first kappa shape index (κ1) is 21.6. The highest BCUT2D eigenvalue weighted by molar-refractivity contribution is 6.09. The van der Waals surface area contributed by atoms with Gasteiger partial charge in [-0.3, -0.25) is 9.59 Å². The molecule has 3 atom stereocenters. The van der Waals surface area contributed by atoms with Gasteiger partial charge in [0.15, 0.2) is 11.3 Å². The van der Waals surface area contributed by atoms with Crippen LogP contribution in [-0.2, 0) is 19.1 Å². The highest BCUT2D eigenvalue weighted by atomic mass is 16.5. The Kier molecular flexibility index (Phi) is 7.60. The summed E-state index contributed by atoms with van der Waals surface area (Å²) in [6.07, 6.45) is 5.46. The minimum atomic E-state index is -1.76. The first-order valence-corrected chi connectivity index (χ1v) is 9.31. The highest BCUT2D eigenvalue weighted by Gasteiger charge is 2.50. The summed E-state index contributed by atoms with van der Waals surface area (Å²) in [5.74, 6) is -2.04. The molecule has 0 aromatic carbocycles. The van der Waals surface area contributed by atoms with Crippen molar-refractivity contribution in [1.82, 2.24) is 5.32 Å². The summed E-state index contributed by atoms with van der Waals surface area (Å²) in [6, 6.07) is 0. The van der Waals surface area contributed by atoms with Gasteiger partial charge < -0.3 is 15.8 Å². The molecule has 1 heterocycles. The number of rotatable bonds is 10. The van der Waals surface area contributed by atoms with Gasteiger partial charge in [-0.05, 0) is 33.1 Å². The third-order valence-electron chi connectivity index (χ3n) is 5.09. The number of nitrogens with one attached hydrogen (secondary N) is 1. The molecule has 1 fully saturated rings. The van der Waals surface area contributed by atoms with E-state index >= 15 is 0 Å². The summed E-state index contributed by atoms with van der Waals surface area (Å²) in [5.41, 5.74) is 4.14. The summed E-state index contributed by atoms with van der Waals surface area (Å²) in [5, 5.41) is 2.88. The van der Waals surface area contributed by atoms with Crippen LogP contribution in [0.4, 0.5) is 0 Å². The van der Waals surface area contributed by atoms with Crippen LogP contribution >= 0.6 is 0 Å². The molecule has 0 radical (unpaired) electrons. The lowest BCUT2D eigenvalue weighted by molar-refractivity contribution is -0.153. The predicted octanol–water partition coefficient (Wildman–Crippen LogP) is 2.34. The number of nitrogens with two attached hydrogens (primary N) is 1. The summed E-state index contributed by atoms with van der Waals surface area (Å²) in [6.45, 7) is 7.77. The molecule has 1 saturated heterocycles. The lowest BCUT2D eigenvalue weighted by Crippen LogP contribution is -2.58. The molecule has 3 N–H and O–H groups in total. The molecular weight excluding hydrogens is 320 g/mol. The molecule has 2 unspecified atom stereocenters. The third kappa shape index (κ3) is 5.53. The van der Waals surface area contributed by atoms with Crippen LogP contribution < -0.4 is 11.1 Å². The van der Waals surface area contributed by atoms with Crippen LogP contribution in [0.3, 0.4) is 0 Å². The Morgan fingerprint density at radius 2 is 2.00 bits per heavy atom. The number of hydrogen-bond acceptors (Lipinski definition) is 5. The van der Waals surface area contributed by atoms with Crippen molar-refractivity contribution in [2.24, 2.45) is 17.6 Å². The molecule has 0 spiro atoms. The number of amides is 1. The van der Waals surface area contributed by atoms with Gasteiger partial charge in [-0.2, -0.15) is 0 Å². The van der Waals surface area contributed by atoms with Crippen LogP contribution in [0.2, 0.25) is 0 Å². The van der Waals surface area contributed by atoms with Gasteiger partial charge in [0, 0.05) is 17.4 Å². The second-order valence-electron chi connectivity index (χ2n) is 8.06. The summed E-state index contributed by atoms with van der Waals surface area (Å²) < 4.78 is 4.81. The average molecular weight is 354 g/mol. The molecule has 6 heteroatoms. The van der Waals surface area contributed by atoms with Gasteiger partial charge in [0.1, 0.15) is 0 Å². The Morgan fingerprint density at radius 3 is 2.48 bits per heavy atom. The van der Waals surface area contributed by atoms with Crippen LogP contribution in [0, 0.1) is 11.8 Å². The molecule has 1 aliphatic heterocycles. The monoisotopic (exact) mass is 354 g/mol. The second-order valence-corrected chi connectivity index (χ2v) is 8.06. The number of hydrogen-bond donors (Lipinski definition) is 2. The lowest BCUT2D eigenvalue weighted by atomic mass is 9.77. The van der Waals surface area contributed by atoms with E-state index < -0.39 is 17.4 Å². The van der Waals surface area contributed by atoms with E-state index in [-0.39, 0.29) is 29.6 Å². The molecule has 0 aromatic rings. The number of ether oxygens (including phenoxy) is 1. The normalized spacial score (nSPS) is 22.8. The third-order valence-corrected chi connectivity index (χ3v) is 5.09. The number of Topliss-reactive ketones (excluding diaryl/α,β-unsaturated/α-hetero) is 1. The van der Waals surface area contributed by atoms with Crippen molar-refractivity contribution < 1.29 is 19.1 Å². The van der Waals surface area contributed by atoms with E-state index in [4.69, 9.17) is 10.5 Å². The number of esters is 1. The predicted molar refractivity (Wildman–Crippen MR) is 96.8 cm³/mol. The van der Waals surface area contributed by atoms with Crippen LogP contribution in [0.25, 0.3) is 0 Å². The summed E-state index contributed by atoms with van der Waals surface area (Å²) >= 11 is 0. The van der Waals surface area contributed by atoms with Gasteiger partial charge in [-0.1, -0.05) is 39.5 Å². The summed E-state index contributed by atoms with van der Waals surface area (Å²) in [4.78, 5) is 37.4. The van der Waals surface area contributed by atoms with Gasteiger partial charge in [0.25, 0.3) is 0 Å². The molecule has 0 aromatic heterocycles. The van der Waals surface area contributed by atoms with Gasteiger partial charge in [-0.15, -0.1) is 0 Å². The average Bonchev–Trinajstić information content (AvgIpc) is 2.81. The topological polar surface area (TPSA) is 98.5 Å². The van der Waals surface area contributed by atoms with Gasteiger partial charge in [0.05, 0.1) is 7.11 Å². The van der Waals surface area contributed by atoms with Crippen LogP contribution in [0.5, 0.6) is 0 Å². The van der Waals surface area contributed by atoms with Gasteiger partial charge >= 0.3 is 5.97 Å². The molecule has 0 aliphatic carbocycles. The maximum absolute atomic E-state index is 12.9. The van der Waals surface area contributed by atoms with E-state index in [1.54, 1.807) is 6.92 Å². The van der Waals surface area contributed by atoms with Crippen LogP contribution in [-0.4, -0.2) is 35.8 Å². The van der Waals surface area contributed by atoms with Crippen molar-refractivity contribution in [2.45, 2.75) is 83.7 Å². The molecular formula is C19H34N2O4. The fourth-order valence-electron chi connectivity index (χ4n) is 3.66. The van der Waals surface area contributed by atoms with E-state index in [0.29, 0.717) is 12.8 Å². The van der Waals surface area contributed by atoms with E-state index in [0.717, 1.165) is 25.7 Å². The minimum absolute atomic E-state index is 0.00687. The Balaban J connectivity index is 2.85. The standard InChI is InChI=1S/C19H34N2O4/c1-6-7-8-9-10-13(2)15(22)19(20,17(24)25-5)12-14-11-18(3,4)21-16(14)23/h13-14H,6-12,20H2,1-5H3,(H,21,23)/t13?,14-,19?/m0/s1. The Labute approximate surface area is 151 Å². The van der Waals surface area contributed by atoms with Crippen LogP contribution in [0.15, 0.2) is 0 Å². The van der Waals surface area contributed by atoms with Crippen molar-refractivity contribution in [3.05, 3.63) is 0 Å². The quantitative estimate of drug-likeness (QED) is 0.356. The van der Waals surface area contributed by atoms with E-state index in [2.05, 4.69) is 12.2 Å². The van der Waals surface area contributed by atoms with Gasteiger partial charge in [0.2, 0.25) is 5.91 Å². The lowest BCUT2D eigenvalue weighted by Gasteiger charge is -2.29. The van der Waals surface area contributed by atoms with Crippen LogP contribution in [0.1, 0.15) is 72.6 Å². The van der Waals surface area contributed by atoms with Crippen molar-refractivity contribution in [2.75, 3.05) is 7.11 Å². The number of carbonyl (C=O) groups excluding carboxylic acids is 3. The smallest absolute Gasteiger partial charge is 0.333 e. The molecule has 0 saturated carbocycles. The molecule has 0 bridgehead atoms. The minimum Gasteiger partial charge on any atom is -0.467 e. The second kappa shape index (κ2) is 8.79. The van der Waals surface area contributed by atoms with Crippen molar-refractivity contribution in [3.63, 3.8) is 0 Å². The zero-order valence-electron chi connectivity index (χ0n) is 16.3. The summed E-state index contributed by atoms with van der Waals surface area (Å²) in [7, 11) is 1.22. The Hall–Kier alpha value is -1.43. The van der Waals surface area contributed by atoms with E-state index in [1.807, 2.05) is 13.8 Å². The van der Waals surface area contributed by atoms with Crippen molar-refractivity contribution in [3.8, 4) is 0 Å². The Bertz CT molecular complexity index is 504. The molecule has 1 amide bonds. The molecule has 1 rings (SSSR count). The molecule has 1 aliphatic rings. The SMILES string of the molecule is CCCCCCC(C)C(=O)C(N)(C[C@@H]1CC(C)(C)NC1=O)C(=O)OC. The van der Waals surface area contributed by atoms with E-state index in [1.165, 1.54) is 7.11 Å². The zero-order valence-corrected chi connectivity index (χ0v) is 16.3.